The van der Waals surface area contributed by atoms with Gasteiger partial charge >= 0.3 is 6.68 Å². The van der Waals surface area contributed by atoms with Gasteiger partial charge in [0, 0.05) is 12.8 Å². The van der Waals surface area contributed by atoms with E-state index in [-0.39, 0.29) is 0 Å². The molecule has 0 radical (unpaired) electrons. The van der Waals surface area contributed by atoms with Gasteiger partial charge in [0.1, 0.15) is 0 Å². The van der Waals surface area contributed by atoms with Gasteiger partial charge in [-0.3, -0.25) is 4.48 Å². The van der Waals surface area contributed by atoms with Crippen molar-refractivity contribution in [3.05, 3.63) is 0 Å². The number of likely N-dealkylation sites (tertiary alicyclic amines) is 1. The Hall–Kier alpha value is -0.290. The van der Waals surface area contributed by atoms with Crippen molar-refractivity contribution in [2.45, 2.75) is 59.4 Å². The number of rotatable bonds is 4. The molecule has 0 bridgehead atoms. The first-order valence-electron chi connectivity index (χ1n) is 6.20. The van der Waals surface area contributed by atoms with Crippen molar-refractivity contribution in [2.75, 3.05) is 19.8 Å². The summed E-state index contributed by atoms with van der Waals surface area (Å²) in [7, 11) is 0. The molecule has 17 heavy (non-hydrogen) atoms. The second-order valence-corrected chi connectivity index (χ2v) is 5.06. The quantitative estimate of drug-likeness (QED) is 0.699. The van der Waals surface area contributed by atoms with Crippen LogP contribution in [0.25, 0.3) is 0 Å². The molecule has 0 unspecified atom stereocenters. The van der Waals surface area contributed by atoms with Gasteiger partial charge in [-0.05, 0) is 27.7 Å². The smallest absolute Gasteiger partial charge is 0.329 e. The Morgan fingerprint density at radius 2 is 1.41 bits per heavy atom. The van der Waals surface area contributed by atoms with Crippen LogP contribution in [0.15, 0.2) is 0 Å². The highest BCUT2D eigenvalue weighted by Crippen LogP contribution is 2.23. The normalized spacial score (nSPS) is 18.7. The number of ether oxygens (including phenoxy) is 1. The van der Waals surface area contributed by atoms with Gasteiger partial charge in [0.15, 0.2) is 6.73 Å². The molecular weight excluding hydrogens is 231 g/mol. The van der Waals surface area contributed by atoms with Gasteiger partial charge in [-0.1, -0.05) is 0 Å². The summed E-state index contributed by atoms with van der Waals surface area (Å²) in [5, 5.41) is 0. The molecule has 0 amide bonds. The summed E-state index contributed by atoms with van der Waals surface area (Å²) in [6, 6.07) is 0.709. The zero-order valence-electron chi connectivity index (χ0n) is 11.3. The van der Waals surface area contributed by atoms with Gasteiger partial charge in [0.2, 0.25) is 0 Å². The van der Waals surface area contributed by atoms with Crippen LogP contribution in [-0.4, -0.2) is 43.1 Å². The minimum absolute atomic E-state index is 0.370. The molecule has 5 heteroatoms. The lowest BCUT2D eigenvalue weighted by Gasteiger charge is -2.38. The van der Waals surface area contributed by atoms with Crippen LogP contribution in [0.1, 0.15) is 40.5 Å². The lowest BCUT2D eigenvalue weighted by molar-refractivity contribution is -0.954. The van der Waals surface area contributed by atoms with E-state index < -0.39 is 6.68 Å². The Balaban J connectivity index is 0.000000557. The number of nitrogens with zero attached hydrogens (tertiary/aromatic N) is 1. The molecule has 1 aliphatic heterocycles. The van der Waals surface area contributed by atoms with Crippen molar-refractivity contribution in [3.8, 4) is 0 Å². The van der Waals surface area contributed by atoms with Crippen LogP contribution in [-0.2, 0) is 4.74 Å². The van der Waals surface area contributed by atoms with E-state index in [1.165, 1.54) is 30.4 Å². The zero-order chi connectivity index (χ0) is 13.5. The molecular formula is C12H25F3NO+. The third kappa shape index (κ3) is 6.88. The van der Waals surface area contributed by atoms with E-state index in [2.05, 4.69) is 27.7 Å². The first kappa shape index (κ1) is 16.7. The van der Waals surface area contributed by atoms with Crippen molar-refractivity contribution in [3.63, 3.8) is 0 Å². The maximum absolute atomic E-state index is 9.67. The first-order chi connectivity index (χ1) is 7.80. The van der Waals surface area contributed by atoms with E-state index in [0.29, 0.717) is 12.1 Å². The van der Waals surface area contributed by atoms with Crippen molar-refractivity contribution < 1.29 is 22.4 Å². The summed E-state index contributed by atoms with van der Waals surface area (Å²) in [5.41, 5.74) is 0. The molecule has 1 heterocycles. The lowest BCUT2D eigenvalue weighted by atomic mass is 10.3. The van der Waals surface area contributed by atoms with E-state index in [9.17, 15) is 13.2 Å². The van der Waals surface area contributed by atoms with Crippen LogP contribution in [0, 0.1) is 0 Å². The molecule has 1 rings (SSSR count). The van der Waals surface area contributed by atoms with Gasteiger partial charge in [-0.15, -0.1) is 0 Å². The number of hydrogen-bond acceptors (Lipinski definition) is 1. The largest absolute Gasteiger partial charge is 0.379 e. The fourth-order valence-corrected chi connectivity index (χ4v) is 2.06. The highest BCUT2D eigenvalue weighted by Gasteiger charge is 2.35. The first-order valence-corrected chi connectivity index (χ1v) is 6.20. The third-order valence-corrected chi connectivity index (χ3v) is 3.22. The van der Waals surface area contributed by atoms with Crippen LogP contribution in [0.3, 0.4) is 0 Å². The van der Waals surface area contributed by atoms with Crippen molar-refractivity contribution in [1.29, 1.82) is 0 Å². The summed E-state index contributed by atoms with van der Waals surface area (Å²) in [4.78, 5) is 0. The van der Waals surface area contributed by atoms with E-state index >= 15 is 0 Å². The van der Waals surface area contributed by atoms with Crippen molar-refractivity contribution in [2.24, 2.45) is 0 Å². The number of halogens is 3. The van der Waals surface area contributed by atoms with Gasteiger partial charge in [-0.2, -0.15) is 13.2 Å². The standard InChI is InChI=1S/C11H24NO.CHF3/c1-10(2)12(7-5-6-8-12)9-13-11(3)4;2-1(3)4/h10-11H,5-9H2,1-4H3;1H/q+1;. The summed E-state index contributed by atoms with van der Waals surface area (Å²) < 4.78 is 35.9. The number of quaternary nitrogens is 1. The monoisotopic (exact) mass is 256 g/mol. The topological polar surface area (TPSA) is 9.23 Å². The molecule has 0 atom stereocenters. The summed E-state index contributed by atoms with van der Waals surface area (Å²) in [6.45, 7) is 8.73. The van der Waals surface area contributed by atoms with Crippen LogP contribution in [0.4, 0.5) is 13.2 Å². The second-order valence-electron chi connectivity index (χ2n) is 5.06. The van der Waals surface area contributed by atoms with Crippen LogP contribution in [0.2, 0.25) is 0 Å². The average Bonchev–Trinajstić information content (AvgIpc) is 2.63. The van der Waals surface area contributed by atoms with Crippen LogP contribution >= 0.6 is 0 Å². The predicted octanol–water partition coefficient (Wildman–Crippen LogP) is 3.57. The lowest BCUT2D eigenvalue weighted by Crippen LogP contribution is -2.52. The van der Waals surface area contributed by atoms with Gasteiger partial charge in [-0.25, -0.2) is 0 Å². The molecule has 0 aromatic rings. The van der Waals surface area contributed by atoms with Gasteiger partial charge in [0.25, 0.3) is 0 Å². The minimum Gasteiger partial charge on any atom is -0.329 e. The van der Waals surface area contributed by atoms with E-state index in [1.807, 2.05) is 0 Å². The fourth-order valence-electron chi connectivity index (χ4n) is 2.06. The summed E-state index contributed by atoms with van der Waals surface area (Å²) in [5.74, 6) is 0. The molecule has 2 nitrogen and oxygen atoms in total. The van der Waals surface area contributed by atoms with Crippen molar-refractivity contribution >= 4 is 0 Å². The molecule has 1 aliphatic rings. The van der Waals surface area contributed by atoms with Gasteiger partial charge < -0.3 is 4.74 Å². The highest BCUT2D eigenvalue weighted by molar-refractivity contribution is 4.56. The Morgan fingerprint density at radius 3 is 1.71 bits per heavy atom. The fraction of sp³-hybridized carbons (Fsp3) is 1.00. The maximum atomic E-state index is 9.67. The Labute approximate surface area is 102 Å². The van der Waals surface area contributed by atoms with Crippen LogP contribution in [0.5, 0.6) is 0 Å². The molecule has 1 fully saturated rings. The molecule has 0 spiro atoms. The van der Waals surface area contributed by atoms with E-state index in [1.54, 1.807) is 0 Å². The van der Waals surface area contributed by atoms with Gasteiger partial charge in [0.05, 0.1) is 25.2 Å². The summed E-state index contributed by atoms with van der Waals surface area (Å²) >= 11 is 0. The number of alkyl halides is 3. The molecule has 0 aromatic heterocycles. The molecule has 0 saturated carbocycles. The summed E-state index contributed by atoms with van der Waals surface area (Å²) in [6.07, 6.45) is 3.12. The average molecular weight is 256 g/mol. The number of hydrogen-bond donors (Lipinski definition) is 0. The maximum Gasteiger partial charge on any atom is 0.379 e. The van der Waals surface area contributed by atoms with Crippen LogP contribution < -0.4 is 0 Å². The Bertz CT molecular complexity index is 189. The highest BCUT2D eigenvalue weighted by atomic mass is 19.4. The Morgan fingerprint density at radius 1 is 1.00 bits per heavy atom. The molecule has 1 saturated heterocycles. The third-order valence-electron chi connectivity index (χ3n) is 3.22. The molecule has 0 aromatic carbocycles. The van der Waals surface area contributed by atoms with E-state index in [0.717, 1.165) is 6.73 Å². The molecule has 0 N–H and O–H groups in total. The second kappa shape index (κ2) is 7.93. The van der Waals surface area contributed by atoms with Crippen molar-refractivity contribution in [1.82, 2.24) is 0 Å². The Kier molecular flexibility index (Phi) is 7.79. The predicted molar refractivity (Wildman–Crippen MR) is 62.6 cm³/mol. The SMILES string of the molecule is CC(C)OC[N+]1(C(C)C)CCCC1.FC(F)F. The minimum atomic E-state index is -3.67. The van der Waals surface area contributed by atoms with E-state index in [4.69, 9.17) is 4.74 Å². The molecule has 0 aliphatic carbocycles. The zero-order valence-corrected chi connectivity index (χ0v) is 11.3. The molecule has 104 valence electrons.